The van der Waals surface area contributed by atoms with Gasteiger partial charge in [0.25, 0.3) is 0 Å². The quantitative estimate of drug-likeness (QED) is 0.649. The van der Waals surface area contributed by atoms with Gasteiger partial charge < -0.3 is 20.5 Å². The second-order valence-electron chi connectivity index (χ2n) is 5.61. The maximum absolute atomic E-state index is 11.7. The molecule has 6 nitrogen and oxygen atoms in total. The molecule has 20 heavy (non-hydrogen) atoms. The van der Waals surface area contributed by atoms with Crippen molar-refractivity contribution in [3.05, 3.63) is 0 Å². The Hall–Kier alpha value is -1.30. The van der Waals surface area contributed by atoms with Crippen LogP contribution < -0.4 is 10.6 Å². The predicted molar refractivity (Wildman–Crippen MR) is 75.6 cm³/mol. The fourth-order valence-electron chi connectivity index (χ4n) is 2.50. The number of aliphatic carboxylic acids is 1. The zero-order valence-corrected chi connectivity index (χ0v) is 12.4. The van der Waals surface area contributed by atoms with Gasteiger partial charge in [-0.2, -0.15) is 0 Å². The van der Waals surface area contributed by atoms with E-state index in [-0.39, 0.29) is 18.7 Å². The smallest absolute Gasteiger partial charge is 0.314 e. The van der Waals surface area contributed by atoms with E-state index in [1.165, 1.54) is 0 Å². The molecule has 0 aromatic heterocycles. The third-order valence-electron chi connectivity index (χ3n) is 4.05. The summed E-state index contributed by atoms with van der Waals surface area (Å²) in [6.07, 6.45) is 5.19. The zero-order chi connectivity index (χ0) is 15.0. The molecule has 1 saturated carbocycles. The Morgan fingerprint density at radius 2 is 1.80 bits per heavy atom. The number of ether oxygens (including phenoxy) is 1. The maximum atomic E-state index is 11.7. The topological polar surface area (TPSA) is 87.7 Å². The van der Waals surface area contributed by atoms with Crippen LogP contribution in [0.3, 0.4) is 0 Å². The number of nitrogens with one attached hydrogen (secondary N) is 2. The molecule has 1 unspecified atom stereocenters. The molecule has 0 heterocycles. The van der Waals surface area contributed by atoms with Crippen molar-refractivity contribution in [2.75, 3.05) is 20.2 Å². The van der Waals surface area contributed by atoms with Gasteiger partial charge in [-0.25, -0.2) is 4.79 Å². The highest BCUT2D eigenvalue weighted by Gasteiger charge is 2.38. The summed E-state index contributed by atoms with van der Waals surface area (Å²) in [5.41, 5.74) is -0.805. The van der Waals surface area contributed by atoms with Crippen LogP contribution in [0.25, 0.3) is 0 Å². The molecule has 1 fully saturated rings. The van der Waals surface area contributed by atoms with Gasteiger partial charge in [0.05, 0.1) is 11.5 Å². The van der Waals surface area contributed by atoms with E-state index in [1.54, 1.807) is 7.11 Å². The first-order valence-electron chi connectivity index (χ1n) is 7.28. The molecule has 0 bridgehead atoms. The lowest BCUT2D eigenvalue weighted by molar-refractivity contribution is -0.149. The van der Waals surface area contributed by atoms with E-state index in [0.717, 1.165) is 25.7 Å². The maximum Gasteiger partial charge on any atom is 0.314 e. The minimum atomic E-state index is -0.805. The molecule has 1 aliphatic carbocycles. The molecule has 6 heteroatoms. The van der Waals surface area contributed by atoms with Crippen molar-refractivity contribution < 1.29 is 19.4 Å². The molecule has 1 aliphatic rings. The summed E-state index contributed by atoms with van der Waals surface area (Å²) >= 11 is 0. The lowest BCUT2D eigenvalue weighted by atomic mass is 9.80. The van der Waals surface area contributed by atoms with E-state index in [0.29, 0.717) is 19.4 Å². The number of hydrogen-bond donors (Lipinski definition) is 3. The second kappa shape index (κ2) is 8.09. The van der Waals surface area contributed by atoms with Crippen molar-refractivity contribution in [3.63, 3.8) is 0 Å². The van der Waals surface area contributed by atoms with Crippen molar-refractivity contribution in [1.82, 2.24) is 10.6 Å². The molecule has 0 saturated heterocycles. The highest BCUT2D eigenvalue weighted by Crippen LogP contribution is 2.34. The zero-order valence-electron chi connectivity index (χ0n) is 12.4. The molecule has 0 aromatic carbocycles. The van der Waals surface area contributed by atoms with Crippen LogP contribution >= 0.6 is 0 Å². The van der Waals surface area contributed by atoms with Crippen LogP contribution in [0.5, 0.6) is 0 Å². The molecular formula is C14H26N2O4. The van der Waals surface area contributed by atoms with Gasteiger partial charge in [-0.05, 0) is 19.8 Å². The first-order valence-corrected chi connectivity index (χ1v) is 7.28. The molecular weight excluding hydrogens is 260 g/mol. The summed E-state index contributed by atoms with van der Waals surface area (Å²) in [4.78, 5) is 23.2. The Morgan fingerprint density at radius 3 is 2.30 bits per heavy atom. The van der Waals surface area contributed by atoms with Crippen molar-refractivity contribution >= 4 is 12.0 Å². The van der Waals surface area contributed by atoms with Crippen molar-refractivity contribution in [3.8, 4) is 0 Å². The fraction of sp³-hybridized carbons (Fsp3) is 0.857. The van der Waals surface area contributed by atoms with Crippen LogP contribution in [-0.2, 0) is 9.53 Å². The normalized spacial score (nSPS) is 19.7. The molecule has 2 amide bonds. The molecule has 0 radical (unpaired) electrons. The summed E-state index contributed by atoms with van der Waals surface area (Å²) < 4.78 is 5.03. The number of carbonyl (C=O) groups excluding carboxylic acids is 1. The van der Waals surface area contributed by atoms with Gasteiger partial charge in [-0.1, -0.05) is 25.7 Å². The minimum Gasteiger partial charge on any atom is -0.481 e. The third kappa shape index (κ3) is 5.00. The van der Waals surface area contributed by atoms with Crippen LogP contribution in [0.15, 0.2) is 0 Å². The van der Waals surface area contributed by atoms with E-state index in [1.807, 2.05) is 6.92 Å². The van der Waals surface area contributed by atoms with Gasteiger partial charge in [-0.3, -0.25) is 4.79 Å². The molecule has 1 atom stereocenters. The largest absolute Gasteiger partial charge is 0.481 e. The Kier molecular flexibility index (Phi) is 6.78. The number of carbonyl (C=O) groups is 2. The molecule has 0 aliphatic heterocycles. The number of carboxylic acid groups (broad SMARTS) is 1. The summed E-state index contributed by atoms with van der Waals surface area (Å²) in [5, 5.41) is 14.9. The number of hydrogen-bond acceptors (Lipinski definition) is 3. The van der Waals surface area contributed by atoms with Crippen molar-refractivity contribution in [2.45, 2.75) is 51.6 Å². The second-order valence-corrected chi connectivity index (χ2v) is 5.61. The van der Waals surface area contributed by atoms with E-state index in [2.05, 4.69) is 10.6 Å². The van der Waals surface area contributed by atoms with Crippen molar-refractivity contribution in [1.29, 1.82) is 0 Å². The van der Waals surface area contributed by atoms with E-state index in [9.17, 15) is 14.7 Å². The molecule has 0 spiro atoms. The van der Waals surface area contributed by atoms with Crippen LogP contribution in [-0.4, -0.2) is 43.4 Å². The SMILES string of the molecule is COC(C)CNC(=O)NCC1(C(=O)O)CCCCCC1. The number of methoxy groups -OCH3 is 1. The Balaban J connectivity index is 2.46. The summed E-state index contributed by atoms with van der Waals surface area (Å²) in [5.74, 6) is -0.801. The van der Waals surface area contributed by atoms with Gasteiger partial charge in [0.15, 0.2) is 0 Å². The van der Waals surface area contributed by atoms with Gasteiger partial charge in [0.1, 0.15) is 0 Å². The standard InChI is InChI=1S/C14H26N2O4/c1-11(20-2)9-15-13(19)16-10-14(12(17)18)7-5-3-4-6-8-14/h11H,3-10H2,1-2H3,(H,17,18)(H2,15,16,19). The number of rotatable bonds is 6. The van der Waals surface area contributed by atoms with Gasteiger partial charge >= 0.3 is 12.0 Å². The van der Waals surface area contributed by atoms with Gasteiger partial charge in [0, 0.05) is 20.2 Å². The van der Waals surface area contributed by atoms with Crippen LogP contribution in [0.4, 0.5) is 4.79 Å². The van der Waals surface area contributed by atoms with Crippen molar-refractivity contribution in [2.24, 2.45) is 5.41 Å². The first-order chi connectivity index (χ1) is 9.50. The lowest BCUT2D eigenvalue weighted by Crippen LogP contribution is -2.47. The number of amides is 2. The summed E-state index contributed by atoms with van der Waals surface area (Å²) in [6.45, 7) is 2.45. The predicted octanol–water partition coefficient (Wildman–Crippen LogP) is 1.75. The average molecular weight is 286 g/mol. The van der Waals surface area contributed by atoms with E-state index >= 15 is 0 Å². The monoisotopic (exact) mass is 286 g/mol. The fourth-order valence-corrected chi connectivity index (χ4v) is 2.50. The summed E-state index contributed by atoms with van der Waals surface area (Å²) in [7, 11) is 1.58. The third-order valence-corrected chi connectivity index (χ3v) is 4.05. The molecule has 3 N–H and O–H groups in total. The first kappa shape index (κ1) is 16.8. The molecule has 0 aromatic rings. The molecule has 1 rings (SSSR count). The van der Waals surface area contributed by atoms with Crippen LogP contribution in [0, 0.1) is 5.41 Å². The Bertz CT molecular complexity index is 325. The Morgan fingerprint density at radius 1 is 1.20 bits per heavy atom. The highest BCUT2D eigenvalue weighted by atomic mass is 16.5. The van der Waals surface area contributed by atoms with Crippen LogP contribution in [0.1, 0.15) is 45.4 Å². The lowest BCUT2D eigenvalue weighted by Gasteiger charge is -2.28. The number of urea groups is 1. The highest BCUT2D eigenvalue weighted by molar-refractivity contribution is 5.78. The average Bonchev–Trinajstić information content (AvgIpc) is 2.69. The van der Waals surface area contributed by atoms with Gasteiger partial charge in [0.2, 0.25) is 0 Å². The van der Waals surface area contributed by atoms with E-state index in [4.69, 9.17) is 4.74 Å². The number of carboxylic acids is 1. The molecule has 116 valence electrons. The van der Waals surface area contributed by atoms with Gasteiger partial charge in [-0.15, -0.1) is 0 Å². The summed E-state index contributed by atoms with van der Waals surface area (Å²) in [6, 6.07) is -0.334. The minimum absolute atomic E-state index is 0.0629. The Labute approximate surface area is 120 Å². The van der Waals surface area contributed by atoms with Crippen LogP contribution in [0.2, 0.25) is 0 Å². The van der Waals surface area contributed by atoms with E-state index < -0.39 is 11.4 Å².